The monoisotopic (exact) mass is 535 g/mol. The van der Waals surface area contributed by atoms with Gasteiger partial charge < -0.3 is 20.7 Å². The van der Waals surface area contributed by atoms with Crippen molar-refractivity contribution in [3.63, 3.8) is 0 Å². The predicted molar refractivity (Wildman–Crippen MR) is 149 cm³/mol. The lowest BCUT2D eigenvalue weighted by atomic mass is 9.83. The van der Waals surface area contributed by atoms with Crippen LogP contribution in [0.15, 0.2) is 0 Å². The molecule has 3 N–H and O–H groups in total. The quantitative estimate of drug-likeness (QED) is 0.260. The first-order valence-corrected chi connectivity index (χ1v) is 15.3. The van der Waals surface area contributed by atoms with Gasteiger partial charge >= 0.3 is 5.97 Å². The standard InChI is InChI=1S/C30H53N3O5/c1-6-8-9-10-11-13-16-21(4)24-19-25(34)32-27(23-17-14-12-15-18-23)29(36)31-22(5)28(35)33-26(20(3)7-2)30(37)38-24/h20-24,26-27H,6-19H2,1-5H3,(H,31,36)(H,32,34)(H,33,35)/t20-,21-,22-,24-,26+,27-/m0/s1. The van der Waals surface area contributed by atoms with Crippen LogP contribution < -0.4 is 16.0 Å². The minimum absolute atomic E-state index is 0.00989. The van der Waals surface area contributed by atoms with E-state index in [4.69, 9.17) is 4.74 Å². The maximum atomic E-state index is 13.4. The third-order valence-electron chi connectivity index (χ3n) is 8.54. The van der Waals surface area contributed by atoms with E-state index < -0.39 is 36.1 Å². The van der Waals surface area contributed by atoms with Gasteiger partial charge in [-0.1, -0.05) is 91.9 Å². The van der Waals surface area contributed by atoms with Crippen LogP contribution in [0.1, 0.15) is 125 Å². The number of esters is 1. The van der Waals surface area contributed by atoms with E-state index in [1.54, 1.807) is 6.92 Å². The zero-order valence-corrected chi connectivity index (χ0v) is 24.5. The number of cyclic esters (lactones) is 1. The summed E-state index contributed by atoms with van der Waals surface area (Å²) in [5, 5.41) is 8.59. The number of hydrogen-bond acceptors (Lipinski definition) is 5. The molecule has 0 spiro atoms. The Labute approximate surface area is 230 Å². The molecular formula is C30H53N3O5. The van der Waals surface area contributed by atoms with Crippen LogP contribution >= 0.6 is 0 Å². The smallest absolute Gasteiger partial charge is 0.329 e. The molecule has 1 heterocycles. The molecular weight excluding hydrogens is 482 g/mol. The van der Waals surface area contributed by atoms with Crippen molar-refractivity contribution in [3.8, 4) is 0 Å². The minimum atomic E-state index is -0.840. The number of rotatable bonds is 11. The van der Waals surface area contributed by atoms with E-state index in [0.717, 1.165) is 51.4 Å². The maximum absolute atomic E-state index is 13.4. The molecule has 2 aliphatic rings. The Bertz CT molecular complexity index is 767. The molecule has 1 aliphatic heterocycles. The van der Waals surface area contributed by atoms with Gasteiger partial charge in [-0.3, -0.25) is 14.4 Å². The molecule has 0 radical (unpaired) electrons. The Morgan fingerprint density at radius 2 is 1.47 bits per heavy atom. The van der Waals surface area contributed by atoms with Gasteiger partial charge in [0.1, 0.15) is 24.2 Å². The second-order valence-corrected chi connectivity index (χ2v) is 11.8. The minimum Gasteiger partial charge on any atom is -0.460 e. The SMILES string of the molecule is CCCCCCCC[C@H](C)[C@@H]1CC(=O)N[C@@H](C2CCCCC2)C(=O)N[C@@H](C)C(=O)N[C@H]([C@@H](C)CC)C(=O)O1. The first-order chi connectivity index (χ1) is 18.2. The molecule has 8 nitrogen and oxygen atoms in total. The molecule has 1 aliphatic carbocycles. The van der Waals surface area contributed by atoms with Crippen LogP contribution in [0.3, 0.4) is 0 Å². The van der Waals surface area contributed by atoms with Crippen molar-refractivity contribution in [1.82, 2.24) is 16.0 Å². The van der Waals surface area contributed by atoms with Gasteiger partial charge in [0.2, 0.25) is 17.7 Å². The van der Waals surface area contributed by atoms with Gasteiger partial charge in [-0.25, -0.2) is 4.79 Å². The van der Waals surface area contributed by atoms with E-state index in [1.165, 1.54) is 25.7 Å². The summed E-state index contributed by atoms with van der Waals surface area (Å²) < 4.78 is 6.00. The van der Waals surface area contributed by atoms with Crippen LogP contribution in [0.5, 0.6) is 0 Å². The molecule has 2 rings (SSSR count). The second-order valence-electron chi connectivity index (χ2n) is 11.8. The number of ether oxygens (including phenoxy) is 1. The van der Waals surface area contributed by atoms with Crippen LogP contribution in [0.2, 0.25) is 0 Å². The summed E-state index contributed by atoms with van der Waals surface area (Å²) >= 11 is 0. The second kappa shape index (κ2) is 16.8. The zero-order chi connectivity index (χ0) is 28.1. The molecule has 218 valence electrons. The van der Waals surface area contributed by atoms with Gasteiger partial charge in [-0.2, -0.15) is 0 Å². The lowest BCUT2D eigenvalue weighted by Crippen LogP contribution is -2.57. The van der Waals surface area contributed by atoms with E-state index in [1.807, 2.05) is 20.8 Å². The molecule has 0 unspecified atom stereocenters. The summed E-state index contributed by atoms with van der Waals surface area (Å²) in [6.45, 7) is 9.69. The summed E-state index contributed by atoms with van der Waals surface area (Å²) in [6, 6.07) is -2.38. The highest BCUT2D eigenvalue weighted by molar-refractivity contribution is 5.94. The number of nitrogens with one attached hydrogen (secondary N) is 3. The molecule has 2 fully saturated rings. The van der Waals surface area contributed by atoms with Gasteiger partial charge in [0.05, 0.1) is 6.42 Å². The predicted octanol–water partition coefficient (Wildman–Crippen LogP) is 4.79. The van der Waals surface area contributed by atoms with E-state index in [9.17, 15) is 19.2 Å². The van der Waals surface area contributed by atoms with Crippen molar-refractivity contribution in [2.75, 3.05) is 0 Å². The largest absolute Gasteiger partial charge is 0.460 e. The summed E-state index contributed by atoms with van der Waals surface area (Å²) in [5.74, 6) is -1.70. The Morgan fingerprint density at radius 3 is 2.13 bits per heavy atom. The Kier molecular flexibility index (Phi) is 14.2. The number of unbranched alkanes of at least 4 members (excludes halogenated alkanes) is 5. The highest BCUT2D eigenvalue weighted by atomic mass is 16.5. The van der Waals surface area contributed by atoms with Crippen molar-refractivity contribution >= 4 is 23.7 Å². The van der Waals surface area contributed by atoms with E-state index in [0.29, 0.717) is 6.42 Å². The van der Waals surface area contributed by atoms with Gasteiger partial charge in [-0.05, 0) is 43.9 Å². The molecule has 3 amide bonds. The molecule has 0 bridgehead atoms. The molecule has 6 atom stereocenters. The average molecular weight is 536 g/mol. The normalized spacial score (nSPS) is 28.0. The zero-order valence-electron chi connectivity index (χ0n) is 24.5. The molecule has 38 heavy (non-hydrogen) atoms. The van der Waals surface area contributed by atoms with Crippen molar-refractivity contribution in [3.05, 3.63) is 0 Å². The lowest BCUT2D eigenvalue weighted by Gasteiger charge is -2.31. The van der Waals surface area contributed by atoms with E-state index >= 15 is 0 Å². The lowest BCUT2D eigenvalue weighted by molar-refractivity contribution is -0.158. The van der Waals surface area contributed by atoms with Gasteiger partial charge in [0.25, 0.3) is 0 Å². The van der Waals surface area contributed by atoms with Crippen LogP contribution in [-0.4, -0.2) is 47.9 Å². The number of carbonyl (C=O) groups excluding carboxylic acids is 4. The van der Waals surface area contributed by atoms with E-state index in [2.05, 4.69) is 22.9 Å². The van der Waals surface area contributed by atoms with Crippen LogP contribution in [-0.2, 0) is 23.9 Å². The van der Waals surface area contributed by atoms with Gasteiger partial charge in [0.15, 0.2) is 0 Å². The molecule has 1 saturated heterocycles. The fourth-order valence-corrected chi connectivity index (χ4v) is 5.61. The van der Waals surface area contributed by atoms with Crippen LogP contribution in [0.25, 0.3) is 0 Å². The summed E-state index contributed by atoms with van der Waals surface area (Å²) in [5.41, 5.74) is 0. The van der Waals surface area contributed by atoms with Crippen LogP contribution in [0.4, 0.5) is 0 Å². The highest BCUT2D eigenvalue weighted by Crippen LogP contribution is 2.28. The Balaban J connectivity index is 2.25. The number of carbonyl (C=O) groups is 4. The number of amides is 3. The molecule has 8 heteroatoms. The first-order valence-electron chi connectivity index (χ1n) is 15.3. The molecule has 0 aromatic rings. The Hall–Kier alpha value is -2.12. The van der Waals surface area contributed by atoms with Gasteiger partial charge in [0, 0.05) is 0 Å². The summed E-state index contributed by atoms with van der Waals surface area (Å²) in [6.07, 6.45) is 12.8. The molecule has 0 aromatic heterocycles. The third-order valence-corrected chi connectivity index (χ3v) is 8.54. The summed E-state index contributed by atoms with van der Waals surface area (Å²) in [7, 11) is 0. The average Bonchev–Trinajstić information content (AvgIpc) is 2.91. The first kappa shape index (κ1) is 32.1. The fourth-order valence-electron chi connectivity index (χ4n) is 5.61. The highest BCUT2D eigenvalue weighted by Gasteiger charge is 2.37. The van der Waals surface area contributed by atoms with Crippen molar-refractivity contribution in [1.29, 1.82) is 0 Å². The topological polar surface area (TPSA) is 114 Å². The van der Waals surface area contributed by atoms with Gasteiger partial charge in [-0.15, -0.1) is 0 Å². The molecule has 1 saturated carbocycles. The summed E-state index contributed by atoms with van der Waals surface area (Å²) in [4.78, 5) is 53.0. The van der Waals surface area contributed by atoms with Crippen molar-refractivity contribution in [2.24, 2.45) is 17.8 Å². The maximum Gasteiger partial charge on any atom is 0.329 e. The fraction of sp³-hybridized carbons (Fsp3) is 0.867. The third kappa shape index (κ3) is 10.2. The Morgan fingerprint density at radius 1 is 0.816 bits per heavy atom. The van der Waals surface area contributed by atoms with Crippen LogP contribution in [0, 0.1) is 17.8 Å². The number of hydrogen-bond donors (Lipinski definition) is 3. The van der Waals surface area contributed by atoms with Crippen molar-refractivity contribution < 1.29 is 23.9 Å². The van der Waals surface area contributed by atoms with Crippen molar-refractivity contribution in [2.45, 2.75) is 149 Å². The van der Waals surface area contributed by atoms with E-state index in [-0.39, 0.29) is 36.0 Å². The molecule has 0 aromatic carbocycles.